The molecule has 0 saturated heterocycles. The number of aliphatic carboxylic acids is 1. The zero-order valence-electron chi connectivity index (χ0n) is 16.8. The molecule has 2 unspecified atom stereocenters. The third-order valence-electron chi connectivity index (χ3n) is 8.26. The largest absolute Gasteiger partial charge is 0.491 e. The van der Waals surface area contributed by atoms with Crippen LogP contribution in [0.2, 0.25) is 5.02 Å². The fourth-order valence-corrected chi connectivity index (χ4v) is 7.66. The van der Waals surface area contributed by atoms with Crippen LogP contribution < -0.4 is 4.74 Å². The summed E-state index contributed by atoms with van der Waals surface area (Å²) in [5.41, 5.74) is 0.765. The zero-order chi connectivity index (χ0) is 20.2. The van der Waals surface area contributed by atoms with E-state index in [2.05, 4.69) is 0 Å². The molecule has 1 N–H and O–H groups in total. The second kappa shape index (κ2) is 7.44. The van der Waals surface area contributed by atoms with Crippen molar-refractivity contribution in [1.82, 2.24) is 0 Å². The summed E-state index contributed by atoms with van der Waals surface area (Å²) in [6.07, 6.45) is 10.7. The van der Waals surface area contributed by atoms with Crippen molar-refractivity contribution in [1.29, 1.82) is 0 Å². The maximum Gasteiger partial charge on any atom is 0.306 e. The second-order valence-electron chi connectivity index (χ2n) is 10.4. The van der Waals surface area contributed by atoms with E-state index >= 15 is 0 Å². The van der Waals surface area contributed by atoms with Gasteiger partial charge in [0, 0.05) is 11.5 Å². The molecule has 5 saturated carbocycles. The summed E-state index contributed by atoms with van der Waals surface area (Å²) in [4.78, 5) is 11.4. The SMILES string of the molecule is O=C(O)C1CCCC1Cc1cc(Cl)c(OCC23CC4CC(CC(C4)C2)C3)cc1F. The molecule has 2 atom stereocenters. The summed E-state index contributed by atoms with van der Waals surface area (Å²) in [7, 11) is 0. The third kappa shape index (κ3) is 3.78. The van der Waals surface area contributed by atoms with Crippen molar-refractivity contribution in [2.75, 3.05) is 6.61 Å². The molecule has 29 heavy (non-hydrogen) atoms. The van der Waals surface area contributed by atoms with Crippen molar-refractivity contribution in [2.45, 2.75) is 64.2 Å². The molecule has 0 aliphatic heterocycles. The number of carboxylic acid groups (broad SMARTS) is 1. The van der Waals surface area contributed by atoms with Crippen LogP contribution in [0.1, 0.15) is 63.4 Å². The molecule has 0 spiro atoms. The van der Waals surface area contributed by atoms with Crippen LogP contribution in [0.3, 0.4) is 0 Å². The monoisotopic (exact) mass is 420 g/mol. The molecule has 5 heteroatoms. The van der Waals surface area contributed by atoms with Gasteiger partial charge in [0.2, 0.25) is 0 Å². The summed E-state index contributed by atoms with van der Waals surface area (Å²) >= 11 is 6.46. The number of halogens is 2. The molecule has 0 amide bonds. The molecule has 5 fully saturated rings. The van der Waals surface area contributed by atoms with Crippen molar-refractivity contribution in [3.05, 3.63) is 28.5 Å². The van der Waals surface area contributed by atoms with E-state index in [1.807, 2.05) is 0 Å². The van der Waals surface area contributed by atoms with Crippen LogP contribution in [0.5, 0.6) is 5.75 Å². The van der Waals surface area contributed by atoms with Gasteiger partial charge in [0.15, 0.2) is 0 Å². The van der Waals surface area contributed by atoms with E-state index in [4.69, 9.17) is 16.3 Å². The molecule has 1 aromatic rings. The minimum absolute atomic E-state index is 0.0168. The van der Waals surface area contributed by atoms with Crippen molar-refractivity contribution in [2.24, 2.45) is 35.0 Å². The highest BCUT2D eigenvalue weighted by molar-refractivity contribution is 6.32. The van der Waals surface area contributed by atoms with Gasteiger partial charge in [-0.2, -0.15) is 0 Å². The van der Waals surface area contributed by atoms with Gasteiger partial charge in [0.05, 0.1) is 17.5 Å². The van der Waals surface area contributed by atoms with E-state index in [1.54, 1.807) is 6.07 Å². The lowest BCUT2D eigenvalue weighted by Crippen LogP contribution is -2.48. The first kappa shape index (κ1) is 19.7. The lowest BCUT2D eigenvalue weighted by Gasteiger charge is -2.56. The first-order valence-corrected chi connectivity index (χ1v) is 11.6. The summed E-state index contributed by atoms with van der Waals surface area (Å²) in [6.45, 7) is 0.638. The molecule has 5 aliphatic carbocycles. The molecule has 158 valence electrons. The van der Waals surface area contributed by atoms with Gasteiger partial charge in [-0.25, -0.2) is 4.39 Å². The van der Waals surface area contributed by atoms with E-state index < -0.39 is 5.97 Å². The van der Waals surface area contributed by atoms with E-state index in [9.17, 15) is 14.3 Å². The highest BCUT2D eigenvalue weighted by atomic mass is 35.5. The molecule has 5 aliphatic rings. The van der Waals surface area contributed by atoms with E-state index in [0.29, 0.717) is 35.8 Å². The Labute approximate surface area is 177 Å². The standard InChI is InChI=1S/C24H30ClFO3/c25-20-8-18(7-17-2-1-3-19(17)23(27)28)21(26)9-22(20)29-13-24-10-14-4-15(11-24)6-16(5-14)12-24/h8-9,14-17,19H,1-7,10-13H2,(H,27,28). The number of rotatable bonds is 6. The average Bonchev–Trinajstić information content (AvgIpc) is 3.11. The van der Waals surface area contributed by atoms with Crippen molar-refractivity contribution < 1.29 is 19.0 Å². The van der Waals surface area contributed by atoms with E-state index in [1.165, 1.54) is 44.6 Å². The number of carbonyl (C=O) groups is 1. The highest BCUT2D eigenvalue weighted by Crippen LogP contribution is 2.60. The molecular formula is C24H30ClFO3. The molecule has 0 heterocycles. The molecule has 3 nitrogen and oxygen atoms in total. The van der Waals surface area contributed by atoms with Crippen molar-refractivity contribution in [3.8, 4) is 5.75 Å². The van der Waals surface area contributed by atoms with Gasteiger partial charge in [-0.15, -0.1) is 0 Å². The zero-order valence-corrected chi connectivity index (χ0v) is 17.6. The summed E-state index contributed by atoms with van der Waals surface area (Å²) < 4.78 is 20.9. The van der Waals surface area contributed by atoms with Crippen LogP contribution in [0.15, 0.2) is 12.1 Å². The van der Waals surface area contributed by atoms with Crippen LogP contribution in [0, 0.1) is 40.8 Å². The maximum atomic E-state index is 14.8. The Balaban J connectivity index is 1.27. The third-order valence-corrected chi connectivity index (χ3v) is 8.55. The molecule has 4 bridgehead atoms. The molecule has 6 rings (SSSR count). The first-order valence-electron chi connectivity index (χ1n) is 11.2. The Morgan fingerprint density at radius 3 is 2.41 bits per heavy atom. The molecule has 0 radical (unpaired) electrons. The number of ether oxygens (including phenoxy) is 1. The summed E-state index contributed by atoms with van der Waals surface area (Å²) in [6, 6.07) is 3.08. The smallest absolute Gasteiger partial charge is 0.306 e. The maximum absolute atomic E-state index is 14.8. The van der Waals surface area contributed by atoms with Crippen LogP contribution in [-0.4, -0.2) is 17.7 Å². The predicted octanol–water partition coefficient (Wildman–Crippen LogP) is 6.12. The van der Waals surface area contributed by atoms with Crippen LogP contribution in [0.25, 0.3) is 0 Å². The van der Waals surface area contributed by atoms with Gasteiger partial charge >= 0.3 is 5.97 Å². The van der Waals surface area contributed by atoms with Gasteiger partial charge in [-0.05, 0) is 93.1 Å². The fraction of sp³-hybridized carbons (Fsp3) is 0.708. The Kier molecular flexibility index (Phi) is 5.04. The number of benzene rings is 1. The number of carboxylic acids is 1. The van der Waals surface area contributed by atoms with Crippen LogP contribution >= 0.6 is 11.6 Å². The van der Waals surface area contributed by atoms with Crippen molar-refractivity contribution in [3.63, 3.8) is 0 Å². The minimum atomic E-state index is -0.769. The normalized spacial score (nSPS) is 37.8. The van der Waals surface area contributed by atoms with E-state index in [-0.39, 0.29) is 23.1 Å². The van der Waals surface area contributed by atoms with E-state index in [0.717, 1.165) is 30.6 Å². The Morgan fingerprint density at radius 2 is 1.79 bits per heavy atom. The molecule has 1 aromatic carbocycles. The topological polar surface area (TPSA) is 46.5 Å². The fourth-order valence-electron chi connectivity index (χ4n) is 7.42. The van der Waals surface area contributed by atoms with Gasteiger partial charge in [0.1, 0.15) is 11.6 Å². The second-order valence-corrected chi connectivity index (χ2v) is 10.8. The van der Waals surface area contributed by atoms with Crippen LogP contribution in [0.4, 0.5) is 4.39 Å². The summed E-state index contributed by atoms with van der Waals surface area (Å²) in [5.74, 6) is 1.51. The highest BCUT2D eigenvalue weighted by Gasteiger charge is 2.51. The summed E-state index contributed by atoms with van der Waals surface area (Å²) in [5, 5.41) is 9.82. The Morgan fingerprint density at radius 1 is 1.14 bits per heavy atom. The van der Waals surface area contributed by atoms with Crippen LogP contribution in [-0.2, 0) is 11.2 Å². The predicted molar refractivity (Wildman–Crippen MR) is 110 cm³/mol. The lowest BCUT2D eigenvalue weighted by atomic mass is 9.50. The van der Waals surface area contributed by atoms with Gasteiger partial charge in [-0.1, -0.05) is 18.0 Å². The molecule has 0 aromatic heterocycles. The quantitative estimate of drug-likeness (QED) is 0.603. The molecular weight excluding hydrogens is 391 g/mol. The Bertz CT molecular complexity index is 772. The van der Waals surface area contributed by atoms with Gasteiger partial charge in [-0.3, -0.25) is 4.79 Å². The van der Waals surface area contributed by atoms with Gasteiger partial charge < -0.3 is 9.84 Å². The van der Waals surface area contributed by atoms with Crippen molar-refractivity contribution >= 4 is 17.6 Å². The first-order chi connectivity index (χ1) is 13.9. The number of hydrogen-bond acceptors (Lipinski definition) is 2. The minimum Gasteiger partial charge on any atom is -0.491 e. The number of hydrogen-bond donors (Lipinski definition) is 1. The Hall–Kier alpha value is -1.29. The average molecular weight is 421 g/mol. The lowest BCUT2D eigenvalue weighted by molar-refractivity contribution is -0.142. The van der Waals surface area contributed by atoms with Gasteiger partial charge in [0.25, 0.3) is 0 Å².